The number of hydrogen-bond donors (Lipinski definition) is 4. The number of carbonyl (C=O) groups excluding carboxylic acids is 1. The van der Waals surface area contributed by atoms with Gasteiger partial charge < -0.3 is 20.7 Å². The first-order chi connectivity index (χ1) is 11.7. The minimum atomic E-state index is -1.37. The number of non-ortho nitro benzene ring substituents is 1. The number of nitro groups is 1. The van der Waals surface area contributed by atoms with Crippen molar-refractivity contribution in [3.63, 3.8) is 0 Å². The van der Waals surface area contributed by atoms with Gasteiger partial charge in [0.15, 0.2) is 0 Å². The van der Waals surface area contributed by atoms with Crippen LogP contribution in [0.1, 0.15) is 0 Å². The lowest BCUT2D eigenvalue weighted by molar-refractivity contribution is -0.384. The number of rotatable bonds is 7. The number of nitro benzene ring substituents is 1. The monoisotopic (exact) mass is 353 g/mol. The van der Waals surface area contributed by atoms with Gasteiger partial charge in [-0.25, -0.2) is 4.79 Å². The fourth-order valence-corrected chi connectivity index (χ4v) is 2.64. The van der Waals surface area contributed by atoms with E-state index < -0.39 is 46.8 Å². The van der Waals surface area contributed by atoms with Crippen molar-refractivity contribution in [3.05, 3.63) is 34.4 Å². The first kappa shape index (κ1) is 18.1. The van der Waals surface area contributed by atoms with Crippen molar-refractivity contribution in [2.45, 2.75) is 6.04 Å². The Balaban J connectivity index is 1.91. The van der Waals surface area contributed by atoms with E-state index >= 15 is 0 Å². The molecule has 0 radical (unpaired) electrons. The molecule has 1 saturated carbocycles. The van der Waals surface area contributed by atoms with Crippen LogP contribution in [0.3, 0.4) is 0 Å². The first-order valence-electron chi connectivity index (χ1n) is 7.11. The van der Waals surface area contributed by atoms with Gasteiger partial charge in [-0.3, -0.25) is 25.0 Å². The number of benzene rings is 1. The SMILES string of the molecule is NC(C(=O)O)C1C(COC(=O)Nc2cccc([N+](=O)[O-])c2)C1C(=O)O. The zero-order valence-corrected chi connectivity index (χ0v) is 12.7. The van der Waals surface area contributed by atoms with Gasteiger partial charge in [-0.05, 0) is 6.07 Å². The van der Waals surface area contributed by atoms with Gasteiger partial charge in [0.1, 0.15) is 6.04 Å². The maximum atomic E-state index is 11.7. The zero-order chi connectivity index (χ0) is 18.7. The Morgan fingerprint density at radius 3 is 2.60 bits per heavy atom. The van der Waals surface area contributed by atoms with Crippen LogP contribution in [0.5, 0.6) is 0 Å². The summed E-state index contributed by atoms with van der Waals surface area (Å²) in [6.45, 7) is -0.330. The lowest BCUT2D eigenvalue weighted by atomic mass is 10.1. The Labute approximate surface area is 140 Å². The van der Waals surface area contributed by atoms with Crippen molar-refractivity contribution in [2.24, 2.45) is 23.5 Å². The van der Waals surface area contributed by atoms with Gasteiger partial charge in [-0.1, -0.05) is 6.07 Å². The van der Waals surface area contributed by atoms with E-state index in [1.165, 1.54) is 18.2 Å². The number of ether oxygens (including phenoxy) is 1. The number of anilines is 1. The number of amides is 1. The van der Waals surface area contributed by atoms with Crippen LogP contribution in [0.15, 0.2) is 24.3 Å². The lowest BCUT2D eigenvalue weighted by Gasteiger charge is -2.07. The average Bonchev–Trinajstić information content (AvgIpc) is 3.26. The predicted octanol–water partition coefficient (Wildman–Crippen LogP) is 0.502. The van der Waals surface area contributed by atoms with Gasteiger partial charge in [0, 0.05) is 24.0 Å². The standard InChI is InChI=1S/C14H15N3O8/c15-11(13(20)21)9-8(10(9)12(18)19)5-25-14(22)16-6-2-1-3-7(4-6)17(23)24/h1-4,8-11H,5,15H2,(H,16,22)(H,18,19)(H,20,21). The van der Waals surface area contributed by atoms with Crippen LogP contribution in [0.2, 0.25) is 0 Å². The third-order valence-corrected chi connectivity index (χ3v) is 3.92. The second-order valence-electron chi connectivity index (χ2n) is 5.50. The summed E-state index contributed by atoms with van der Waals surface area (Å²) in [6, 6.07) is 3.79. The van der Waals surface area contributed by atoms with Crippen LogP contribution < -0.4 is 11.1 Å². The quantitative estimate of drug-likeness (QED) is 0.400. The minimum Gasteiger partial charge on any atom is -0.481 e. The summed E-state index contributed by atoms with van der Waals surface area (Å²) in [4.78, 5) is 43.7. The Morgan fingerprint density at radius 2 is 2.04 bits per heavy atom. The normalized spacial score (nSPS) is 22.5. The molecular weight excluding hydrogens is 338 g/mol. The third kappa shape index (κ3) is 4.20. The van der Waals surface area contributed by atoms with Crippen LogP contribution in [0.4, 0.5) is 16.2 Å². The number of carbonyl (C=O) groups is 3. The minimum absolute atomic E-state index is 0.128. The Bertz CT molecular complexity index is 722. The number of aliphatic carboxylic acids is 2. The van der Waals surface area contributed by atoms with Crippen LogP contribution in [-0.4, -0.2) is 45.8 Å². The van der Waals surface area contributed by atoms with Gasteiger partial charge in [0.25, 0.3) is 5.69 Å². The number of nitrogens with two attached hydrogens (primary N) is 1. The molecule has 11 nitrogen and oxygen atoms in total. The van der Waals surface area contributed by atoms with Crippen molar-refractivity contribution < 1.29 is 34.3 Å². The Kier molecular flexibility index (Phi) is 5.17. The molecule has 4 unspecified atom stereocenters. The molecule has 1 aromatic rings. The molecule has 0 bridgehead atoms. The number of nitrogens with one attached hydrogen (secondary N) is 1. The highest BCUT2D eigenvalue weighted by Crippen LogP contribution is 2.48. The molecule has 0 spiro atoms. The first-order valence-corrected chi connectivity index (χ1v) is 7.11. The molecule has 11 heteroatoms. The van der Waals surface area contributed by atoms with Crippen LogP contribution in [0, 0.1) is 27.9 Å². The van der Waals surface area contributed by atoms with E-state index in [4.69, 9.17) is 20.7 Å². The highest BCUT2D eigenvalue weighted by atomic mass is 16.6. The number of carboxylic acids is 2. The fourth-order valence-electron chi connectivity index (χ4n) is 2.64. The Hall–Kier alpha value is -3.21. The van der Waals surface area contributed by atoms with Gasteiger partial charge in [-0.2, -0.15) is 0 Å². The summed E-state index contributed by atoms with van der Waals surface area (Å²) >= 11 is 0. The molecule has 25 heavy (non-hydrogen) atoms. The molecule has 5 N–H and O–H groups in total. The molecule has 1 amide bonds. The van der Waals surface area contributed by atoms with E-state index in [0.717, 1.165) is 6.07 Å². The van der Waals surface area contributed by atoms with E-state index in [2.05, 4.69) is 5.32 Å². The molecule has 0 aromatic heterocycles. The molecule has 1 fully saturated rings. The summed E-state index contributed by atoms with van der Waals surface area (Å²) in [5, 5.41) is 30.8. The summed E-state index contributed by atoms with van der Waals surface area (Å²) in [6.07, 6.45) is -0.945. The average molecular weight is 353 g/mol. The van der Waals surface area contributed by atoms with Crippen molar-refractivity contribution in [2.75, 3.05) is 11.9 Å². The van der Waals surface area contributed by atoms with Gasteiger partial charge >= 0.3 is 18.0 Å². The fraction of sp³-hybridized carbons (Fsp3) is 0.357. The van der Waals surface area contributed by atoms with Gasteiger partial charge in [-0.15, -0.1) is 0 Å². The number of carboxylic acid groups (broad SMARTS) is 2. The topological polar surface area (TPSA) is 182 Å². The van der Waals surface area contributed by atoms with E-state index in [1.54, 1.807) is 0 Å². The maximum Gasteiger partial charge on any atom is 0.411 e. The Morgan fingerprint density at radius 1 is 1.36 bits per heavy atom. The molecule has 134 valence electrons. The van der Waals surface area contributed by atoms with Crippen molar-refractivity contribution in [3.8, 4) is 0 Å². The van der Waals surface area contributed by atoms with Gasteiger partial charge in [0.05, 0.1) is 23.1 Å². The zero-order valence-electron chi connectivity index (χ0n) is 12.7. The van der Waals surface area contributed by atoms with Crippen molar-refractivity contribution >= 4 is 29.4 Å². The highest BCUT2D eigenvalue weighted by Gasteiger charge is 2.60. The smallest absolute Gasteiger partial charge is 0.411 e. The predicted molar refractivity (Wildman–Crippen MR) is 81.8 cm³/mol. The van der Waals surface area contributed by atoms with Crippen LogP contribution in [0.25, 0.3) is 0 Å². The maximum absolute atomic E-state index is 11.7. The lowest BCUT2D eigenvalue weighted by Crippen LogP contribution is -2.34. The summed E-state index contributed by atoms with van der Waals surface area (Å²) < 4.78 is 4.88. The molecule has 1 aliphatic rings. The summed E-state index contributed by atoms with van der Waals surface area (Å²) in [5.74, 6) is -5.09. The second-order valence-corrected chi connectivity index (χ2v) is 5.50. The summed E-state index contributed by atoms with van der Waals surface area (Å²) in [5.41, 5.74) is 5.34. The third-order valence-electron chi connectivity index (χ3n) is 3.92. The van der Waals surface area contributed by atoms with E-state index in [1.807, 2.05) is 0 Å². The molecule has 1 aromatic carbocycles. The van der Waals surface area contributed by atoms with Crippen LogP contribution >= 0.6 is 0 Å². The molecular formula is C14H15N3O8. The van der Waals surface area contributed by atoms with Crippen molar-refractivity contribution in [1.82, 2.24) is 0 Å². The van der Waals surface area contributed by atoms with Crippen LogP contribution in [-0.2, 0) is 14.3 Å². The molecule has 0 heterocycles. The summed E-state index contributed by atoms with van der Waals surface area (Å²) in [7, 11) is 0. The molecule has 0 aliphatic heterocycles. The number of nitrogens with zero attached hydrogens (tertiary/aromatic N) is 1. The van der Waals surface area contributed by atoms with Crippen molar-refractivity contribution in [1.29, 1.82) is 0 Å². The van der Waals surface area contributed by atoms with E-state index in [-0.39, 0.29) is 18.0 Å². The molecule has 4 atom stereocenters. The van der Waals surface area contributed by atoms with Gasteiger partial charge in [0.2, 0.25) is 0 Å². The van der Waals surface area contributed by atoms with E-state index in [0.29, 0.717) is 0 Å². The number of hydrogen-bond acceptors (Lipinski definition) is 7. The second kappa shape index (κ2) is 7.13. The molecule has 0 saturated heterocycles. The molecule has 1 aliphatic carbocycles. The highest BCUT2D eigenvalue weighted by molar-refractivity contribution is 5.85. The van der Waals surface area contributed by atoms with E-state index in [9.17, 15) is 24.5 Å². The molecule has 2 rings (SSSR count). The largest absolute Gasteiger partial charge is 0.481 e.